The van der Waals surface area contributed by atoms with Gasteiger partial charge in [0.05, 0.1) is 12.0 Å². The van der Waals surface area contributed by atoms with Crippen molar-refractivity contribution < 1.29 is 9.59 Å². The molecular formula is C20H37N5O2. The first-order valence-electron chi connectivity index (χ1n) is 10.3. The summed E-state index contributed by atoms with van der Waals surface area (Å²) in [6, 6.07) is 0.203. The summed E-state index contributed by atoms with van der Waals surface area (Å²) in [6.45, 7) is 8.70. The lowest BCUT2D eigenvalue weighted by atomic mass is 9.85. The van der Waals surface area contributed by atoms with Crippen LogP contribution < -0.4 is 10.6 Å². The molecule has 2 N–H and O–H groups in total. The highest BCUT2D eigenvalue weighted by atomic mass is 16.2. The number of amides is 2. The van der Waals surface area contributed by atoms with Gasteiger partial charge in [0.2, 0.25) is 11.8 Å². The van der Waals surface area contributed by atoms with Crippen molar-refractivity contribution in [3.8, 4) is 0 Å². The Morgan fingerprint density at radius 1 is 1.26 bits per heavy atom. The van der Waals surface area contributed by atoms with Gasteiger partial charge in [-0.1, -0.05) is 26.7 Å². The average molecular weight is 380 g/mol. The Bertz CT molecular complexity index is 553. The maximum Gasteiger partial charge on any atom is 0.230 e. The Morgan fingerprint density at radius 3 is 2.48 bits per heavy atom. The normalized spacial score (nSPS) is 22.2. The number of likely N-dealkylation sites (tertiary alicyclic amines) is 1. The van der Waals surface area contributed by atoms with Crippen LogP contribution in [0.25, 0.3) is 0 Å². The van der Waals surface area contributed by atoms with E-state index in [1.54, 1.807) is 4.90 Å². The molecule has 2 amide bonds. The van der Waals surface area contributed by atoms with Crippen LogP contribution >= 0.6 is 0 Å². The monoisotopic (exact) mass is 379 g/mol. The van der Waals surface area contributed by atoms with Crippen molar-refractivity contribution >= 4 is 17.8 Å². The molecule has 1 unspecified atom stereocenters. The molecule has 27 heavy (non-hydrogen) atoms. The van der Waals surface area contributed by atoms with Crippen LogP contribution in [-0.4, -0.2) is 73.9 Å². The first-order valence-corrected chi connectivity index (χ1v) is 10.3. The number of carbonyl (C=O) groups is 2. The molecule has 2 rings (SSSR count). The van der Waals surface area contributed by atoms with Crippen LogP contribution in [0.2, 0.25) is 0 Å². The van der Waals surface area contributed by atoms with Gasteiger partial charge >= 0.3 is 0 Å². The summed E-state index contributed by atoms with van der Waals surface area (Å²) in [7, 11) is 3.66. The fourth-order valence-electron chi connectivity index (χ4n) is 4.15. The summed E-state index contributed by atoms with van der Waals surface area (Å²) in [5.74, 6) is 1.18. The van der Waals surface area contributed by atoms with Crippen LogP contribution in [0.15, 0.2) is 4.99 Å². The van der Waals surface area contributed by atoms with Gasteiger partial charge in [-0.2, -0.15) is 0 Å². The SMILES string of the molecule is CCNC(=NCC1(C(=O)N(C)C)CCCC1)NC1CCN(C(=O)C(C)C)C1. The number of guanidine groups is 1. The predicted molar refractivity (Wildman–Crippen MR) is 109 cm³/mol. The van der Waals surface area contributed by atoms with Crippen LogP contribution in [0.4, 0.5) is 0 Å². The maximum atomic E-state index is 12.7. The van der Waals surface area contributed by atoms with Gasteiger partial charge in [-0.25, -0.2) is 0 Å². The summed E-state index contributed by atoms with van der Waals surface area (Å²) in [5, 5.41) is 6.77. The molecule has 7 heteroatoms. The van der Waals surface area contributed by atoms with E-state index in [2.05, 4.69) is 10.6 Å². The maximum absolute atomic E-state index is 12.7. The fourth-order valence-corrected chi connectivity index (χ4v) is 4.15. The van der Waals surface area contributed by atoms with Gasteiger partial charge in [0, 0.05) is 45.7 Å². The largest absolute Gasteiger partial charge is 0.357 e. The van der Waals surface area contributed by atoms with E-state index < -0.39 is 0 Å². The van der Waals surface area contributed by atoms with Crippen molar-refractivity contribution in [2.45, 2.75) is 58.9 Å². The minimum absolute atomic E-state index is 0.0323. The van der Waals surface area contributed by atoms with E-state index in [-0.39, 0.29) is 29.2 Å². The lowest BCUT2D eigenvalue weighted by Crippen LogP contribution is -2.46. The van der Waals surface area contributed by atoms with Gasteiger partial charge in [0.25, 0.3) is 0 Å². The van der Waals surface area contributed by atoms with Crippen molar-refractivity contribution in [3.05, 3.63) is 0 Å². The van der Waals surface area contributed by atoms with E-state index in [0.717, 1.165) is 51.2 Å². The first kappa shape index (κ1) is 21.5. The Labute approximate surface area is 163 Å². The zero-order valence-electron chi connectivity index (χ0n) is 17.7. The highest BCUT2D eigenvalue weighted by Gasteiger charge is 2.42. The van der Waals surface area contributed by atoms with Crippen molar-refractivity contribution in [2.75, 3.05) is 40.3 Å². The molecule has 1 saturated heterocycles. The molecule has 0 bridgehead atoms. The van der Waals surface area contributed by atoms with Gasteiger partial charge in [0.15, 0.2) is 5.96 Å². The number of hydrogen-bond acceptors (Lipinski definition) is 3. The molecule has 2 aliphatic rings. The van der Waals surface area contributed by atoms with Crippen LogP contribution in [0.3, 0.4) is 0 Å². The second kappa shape index (κ2) is 9.42. The van der Waals surface area contributed by atoms with Crippen molar-refractivity contribution in [1.82, 2.24) is 20.4 Å². The smallest absolute Gasteiger partial charge is 0.230 e. The molecule has 1 aliphatic heterocycles. The van der Waals surface area contributed by atoms with E-state index in [4.69, 9.17) is 4.99 Å². The third-order valence-electron chi connectivity index (χ3n) is 5.64. The molecule has 7 nitrogen and oxygen atoms in total. The molecule has 1 saturated carbocycles. The summed E-state index contributed by atoms with van der Waals surface area (Å²) in [6.07, 6.45) is 4.92. The number of rotatable bonds is 6. The molecule has 1 heterocycles. The molecule has 0 aromatic heterocycles. The molecule has 0 aromatic rings. The summed E-state index contributed by atoms with van der Waals surface area (Å²) >= 11 is 0. The molecule has 0 spiro atoms. The van der Waals surface area contributed by atoms with Crippen molar-refractivity contribution in [2.24, 2.45) is 16.3 Å². The van der Waals surface area contributed by atoms with E-state index in [0.29, 0.717) is 13.1 Å². The molecule has 0 radical (unpaired) electrons. The zero-order valence-corrected chi connectivity index (χ0v) is 17.7. The summed E-state index contributed by atoms with van der Waals surface area (Å²) in [4.78, 5) is 33.3. The average Bonchev–Trinajstić information content (AvgIpc) is 3.28. The van der Waals surface area contributed by atoms with Gasteiger partial charge in [-0.3, -0.25) is 14.6 Å². The molecule has 1 atom stereocenters. The van der Waals surface area contributed by atoms with Crippen molar-refractivity contribution in [1.29, 1.82) is 0 Å². The van der Waals surface area contributed by atoms with E-state index in [9.17, 15) is 9.59 Å². The van der Waals surface area contributed by atoms with Crippen LogP contribution in [-0.2, 0) is 9.59 Å². The highest BCUT2D eigenvalue weighted by Crippen LogP contribution is 2.39. The second-order valence-electron chi connectivity index (χ2n) is 8.45. The topological polar surface area (TPSA) is 77.0 Å². The fraction of sp³-hybridized carbons (Fsp3) is 0.850. The molecule has 0 aromatic carbocycles. The third-order valence-corrected chi connectivity index (χ3v) is 5.64. The molecule has 2 fully saturated rings. The Hall–Kier alpha value is -1.79. The van der Waals surface area contributed by atoms with Gasteiger partial charge in [0.1, 0.15) is 0 Å². The predicted octanol–water partition coefficient (Wildman–Crippen LogP) is 1.45. The molecule has 154 valence electrons. The number of hydrogen-bond donors (Lipinski definition) is 2. The van der Waals surface area contributed by atoms with Gasteiger partial charge < -0.3 is 20.4 Å². The first-order chi connectivity index (χ1) is 12.8. The quantitative estimate of drug-likeness (QED) is 0.541. The zero-order chi connectivity index (χ0) is 20.0. The second-order valence-corrected chi connectivity index (χ2v) is 8.45. The summed E-state index contributed by atoms with van der Waals surface area (Å²) in [5.41, 5.74) is -0.360. The molecular weight excluding hydrogens is 342 g/mol. The van der Waals surface area contributed by atoms with E-state index >= 15 is 0 Å². The minimum Gasteiger partial charge on any atom is -0.357 e. The van der Waals surface area contributed by atoms with Gasteiger partial charge in [-0.15, -0.1) is 0 Å². The summed E-state index contributed by atoms with van der Waals surface area (Å²) < 4.78 is 0. The van der Waals surface area contributed by atoms with Crippen LogP contribution in [0.5, 0.6) is 0 Å². The highest BCUT2D eigenvalue weighted by molar-refractivity contribution is 5.84. The van der Waals surface area contributed by atoms with E-state index in [1.165, 1.54) is 0 Å². The lowest BCUT2D eigenvalue weighted by Gasteiger charge is -2.29. The van der Waals surface area contributed by atoms with Gasteiger partial charge in [-0.05, 0) is 26.2 Å². The minimum atomic E-state index is -0.360. The van der Waals surface area contributed by atoms with Crippen molar-refractivity contribution in [3.63, 3.8) is 0 Å². The van der Waals surface area contributed by atoms with E-state index in [1.807, 2.05) is 39.8 Å². The number of aliphatic imine (C=N–C) groups is 1. The Morgan fingerprint density at radius 2 is 1.93 bits per heavy atom. The van der Waals surface area contributed by atoms with Crippen LogP contribution in [0.1, 0.15) is 52.9 Å². The Kier molecular flexibility index (Phi) is 7.50. The third kappa shape index (κ3) is 5.36. The molecule has 1 aliphatic carbocycles. The number of carbonyl (C=O) groups excluding carboxylic acids is 2. The van der Waals surface area contributed by atoms with Crippen LogP contribution in [0, 0.1) is 11.3 Å². The lowest BCUT2D eigenvalue weighted by molar-refractivity contribution is -0.138. The number of nitrogens with one attached hydrogen (secondary N) is 2. The number of nitrogens with zero attached hydrogens (tertiary/aromatic N) is 3. The Balaban J connectivity index is 2.02. The standard InChI is InChI=1S/C20H37N5O2/c1-6-21-19(23-16-9-12-25(13-16)17(26)15(2)3)22-14-20(10-7-8-11-20)18(27)24(4)5/h15-16H,6-14H2,1-5H3,(H2,21,22,23).